The lowest BCUT2D eigenvalue weighted by molar-refractivity contribution is -0.107. The second kappa shape index (κ2) is 5.00. The number of nitrogens with one attached hydrogen (secondary N) is 1. The molecule has 1 aliphatic rings. The average molecular weight is 273 g/mol. The van der Waals surface area contributed by atoms with E-state index in [0.29, 0.717) is 30.8 Å². The number of hydrogen-bond acceptors (Lipinski definition) is 4. The Morgan fingerprint density at radius 1 is 1.40 bits per heavy atom. The molecular weight excluding hydrogens is 254 g/mol. The van der Waals surface area contributed by atoms with Crippen molar-refractivity contribution in [3.8, 4) is 0 Å². The molecule has 1 fully saturated rings. The summed E-state index contributed by atoms with van der Waals surface area (Å²) in [5.74, 6) is 0.659. The summed E-state index contributed by atoms with van der Waals surface area (Å²) in [6.07, 6.45) is 1.81. The summed E-state index contributed by atoms with van der Waals surface area (Å²) in [4.78, 5) is 21.3. The van der Waals surface area contributed by atoms with E-state index in [4.69, 9.17) is 0 Å². The Labute approximate surface area is 117 Å². The first-order valence-electron chi connectivity index (χ1n) is 7.02. The molecule has 3 rings (SSSR count). The van der Waals surface area contributed by atoms with Crippen molar-refractivity contribution < 1.29 is 5.11 Å². The lowest BCUT2D eigenvalue weighted by Gasteiger charge is -2.46. The van der Waals surface area contributed by atoms with Crippen molar-refractivity contribution >= 4 is 10.9 Å². The van der Waals surface area contributed by atoms with Crippen molar-refractivity contribution in [1.82, 2.24) is 14.9 Å². The van der Waals surface area contributed by atoms with Crippen LogP contribution in [0.5, 0.6) is 0 Å². The summed E-state index contributed by atoms with van der Waals surface area (Å²) < 4.78 is 0. The lowest BCUT2D eigenvalue weighted by atomic mass is 9.89. The number of rotatable bonds is 4. The zero-order chi connectivity index (χ0) is 14.2. The summed E-state index contributed by atoms with van der Waals surface area (Å²) in [6, 6.07) is 7.33. The van der Waals surface area contributed by atoms with Crippen molar-refractivity contribution in [3.63, 3.8) is 0 Å². The van der Waals surface area contributed by atoms with Gasteiger partial charge in [0.1, 0.15) is 5.82 Å². The summed E-state index contributed by atoms with van der Waals surface area (Å²) in [6.45, 7) is 3.95. The van der Waals surface area contributed by atoms with Gasteiger partial charge in [0.05, 0.1) is 23.0 Å². The number of fused-ring (bicyclic) bond motifs is 1. The Balaban J connectivity index is 1.75. The molecule has 106 valence electrons. The molecule has 1 aromatic heterocycles. The maximum atomic E-state index is 12.0. The molecule has 2 aromatic rings. The first-order chi connectivity index (χ1) is 9.59. The van der Waals surface area contributed by atoms with Crippen molar-refractivity contribution in [1.29, 1.82) is 0 Å². The molecule has 0 spiro atoms. The third-order valence-electron chi connectivity index (χ3n) is 3.79. The largest absolute Gasteiger partial charge is 0.387 e. The van der Waals surface area contributed by atoms with E-state index in [1.165, 1.54) is 0 Å². The van der Waals surface area contributed by atoms with Gasteiger partial charge in [0, 0.05) is 13.1 Å². The van der Waals surface area contributed by atoms with Crippen LogP contribution in [-0.2, 0) is 6.54 Å². The van der Waals surface area contributed by atoms with Crippen molar-refractivity contribution in [3.05, 3.63) is 40.4 Å². The van der Waals surface area contributed by atoms with Crippen LogP contribution in [0.1, 0.15) is 25.6 Å². The van der Waals surface area contributed by atoms with E-state index >= 15 is 0 Å². The molecule has 0 unspecified atom stereocenters. The summed E-state index contributed by atoms with van der Waals surface area (Å²) >= 11 is 0. The molecule has 1 saturated heterocycles. The summed E-state index contributed by atoms with van der Waals surface area (Å²) in [5, 5.41) is 10.8. The number of hydrogen-bond donors (Lipinski definition) is 2. The van der Waals surface area contributed by atoms with Gasteiger partial charge in [-0.05, 0) is 18.6 Å². The highest BCUT2D eigenvalue weighted by Crippen LogP contribution is 2.26. The molecule has 5 nitrogen and oxygen atoms in total. The molecule has 20 heavy (non-hydrogen) atoms. The molecule has 0 amide bonds. The van der Waals surface area contributed by atoms with Gasteiger partial charge < -0.3 is 10.1 Å². The van der Waals surface area contributed by atoms with E-state index < -0.39 is 5.60 Å². The van der Waals surface area contributed by atoms with Gasteiger partial charge in [-0.25, -0.2) is 4.98 Å². The topological polar surface area (TPSA) is 69.2 Å². The van der Waals surface area contributed by atoms with Crippen LogP contribution < -0.4 is 5.56 Å². The normalized spacial score (nSPS) is 18.1. The molecule has 5 heteroatoms. The van der Waals surface area contributed by atoms with Gasteiger partial charge >= 0.3 is 0 Å². The van der Waals surface area contributed by atoms with Gasteiger partial charge in [-0.15, -0.1) is 0 Å². The Morgan fingerprint density at radius 3 is 2.90 bits per heavy atom. The Kier molecular flexibility index (Phi) is 3.31. The molecule has 2 heterocycles. The van der Waals surface area contributed by atoms with Gasteiger partial charge in [-0.2, -0.15) is 0 Å². The van der Waals surface area contributed by atoms with Gasteiger partial charge in [0.25, 0.3) is 5.56 Å². The molecule has 2 N–H and O–H groups in total. The van der Waals surface area contributed by atoms with E-state index in [-0.39, 0.29) is 5.56 Å². The fraction of sp³-hybridized carbons (Fsp3) is 0.467. The second-order valence-electron chi connectivity index (χ2n) is 5.65. The van der Waals surface area contributed by atoms with E-state index in [0.717, 1.165) is 18.4 Å². The monoisotopic (exact) mass is 273 g/mol. The SMILES string of the molecule is CCCC1(O)CN(Cc2nc3ccccc3c(=O)[nH]2)C1. The average Bonchev–Trinajstić information content (AvgIpc) is 2.37. The minimum atomic E-state index is -0.550. The molecular formula is C15H19N3O2. The Hall–Kier alpha value is -1.72. The number of aliphatic hydroxyl groups is 1. The minimum absolute atomic E-state index is 0.102. The number of benzene rings is 1. The van der Waals surface area contributed by atoms with Crippen molar-refractivity contribution in [2.24, 2.45) is 0 Å². The predicted molar refractivity (Wildman–Crippen MR) is 77.5 cm³/mol. The molecule has 0 aliphatic carbocycles. The van der Waals surface area contributed by atoms with Gasteiger partial charge in [0.2, 0.25) is 0 Å². The van der Waals surface area contributed by atoms with Crippen LogP contribution in [0.3, 0.4) is 0 Å². The van der Waals surface area contributed by atoms with Gasteiger partial charge in [-0.3, -0.25) is 9.69 Å². The Bertz CT molecular complexity index is 674. The summed E-state index contributed by atoms with van der Waals surface area (Å²) in [5.41, 5.74) is 0.0665. The fourth-order valence-corrected chi connectivity index (χ4v) is 2.94. The van der Waals surface area contributed by atoms with Crippen molar-refractivity contribution in [2.75, 3.05) is 13.1 Å². The molecule has 0 atom stereocenters. The van der Waals surface area contributed by atoms with Crippen LogP contribution in [0.15, 0.2) is 29.1 Å². The smallest absolute Gasteiger partial charge is 0.258 e. The number of aromatic nitrogens is 2. The standard InChI is InChI=1S/C15H19N3O2/c1-2-7-15(20)9-18(10-15)8-13-16-12-6-4-3-5-11(12)14(19)17-13/h3-6,20H,2,7-10H2,1H3,(H,16,17,19). The highest BCUT2D eigenvalue weighted by Gasteiger charge is 2.40. The maximum absolute atomic E-state index is 12.0. The lowest BCUT2D eigenvalue weighted by Crippen LogP contribution is -2.61. The molecule has 1 aliphatic heterocycles. The second-order valence-corrected chi connectivity index (χ2v) is 5.65. The van der Waals surface area contributed by atoms with E-state index in [1.54, 1.807) is 6.07 Å². The van der Waals surface area contributed by atoms with E-state index in [2.05, 4.69) is 21.8 Å². The van der Waals surface area contributed by atoms with Crippen LogP contribution in [-0.4, -0.2) is 38.7 Å². The van der Waals surface area contributed by atoms with Crippen molar-refractivity contribution in [2.45, 2.75) is 31.9 Å². The highest BCUT2D eigenvalue weighted by atomic mass is 16.3. The number of nitrogens with zero attached hydrogens (tertiary/aromatic N) is 2. The van der Waals surface area contributed by atoms with Crippen LogP contribution >= 0.6 is 0 Å². The van der Waals surface area contributed by atoms with E-state index in [1.807, 2.05) is 18.2 Å². The quantitative estimate of drug-likeness (QED) is 0.880. The predicted octanol–water partition coefficient (Wildman–Crippen LogP) is 1.27. The number of aromatic amines is 1. The highest BCUT2D eigenvalue weighted by molar-refractivity contribution is 5.77. The van der Waals surface area contributed by atoms with Crippen LogP contribution in [0.2, 0.25) is 0 Å². The molecule has 1 aromatic carbocycles. The molecule has 0 radical (unpaired) electrons. The number of β-amino-alcohol motifs (C(OH)–C–C–N with tert-alkyl or cyclic N) is 1. The zero-order valence-corrected chi connectivity index (χ0v) is 11.6. The van der Waals surface area contributed by atoms with E-state index in [9.17, 15) is 9.90 Å². The van der Waals surface area contributed by atoms with Gasteiger partial charge in [-0.1, -0.05) is 25.5 Å². The number of H-pyrrole nitrogens is 1. The third kappa shape index (κ3) is 2.46. The maximum Gasteiger partial charge on any atom is 0.258 e. The van der Waals surface area contributed by atoms with Gasteiger partial charge in [0.15, 0.2) is 0 Å². The minimum Gasteiger partial charge on any atom is -0.387 e. The molecule has 0 bridgehead atoms. The number of para-hydroxylation sites is 1. The number of likely N-dealkylation sites (tertiary alicyclic amines) is 1. The van der Waals surface area contributed by atoms with Crippen LogP contribution in [0.4, 0.5) is 0 Å². The first-order valence-corrected chi connectivity index (χ1v) is 7.02. The first kappa shape index (κ1) is 13.3. The zero-order valence-electron chi connectivity index (χ0n) is 11.6. The Morgan fingerprint density at radius 2 is 2.15 bits per heavy atom. The summed E-state index contributed by atoms with van der Waals surface area (Å²) in [7, 11) is 0. The van der Waals surface area contributed by atoms with Crippen LogP contribution in [0, 0.1) is 0 Å². The molecule has 0 saturated carbocycles. The fourth-order valence-electron chi connectivity index (χ4n) is 2.94. The third-order valence-corrected chi connectivity index (χ3v) is 3.79. The van der Waals surface area contributed by atoms with Crippen LogP contribution in [0.25, 0.3) is 10.9 Å².